The summed E-state index contributed by atoms with van der Waals surface area (Å²) in [5.41, 5.74) is 5.75. The SMILES string of the molecule is Cc1ccc(C)n1Nc1ccccc1S(=O)(=O)N(C)C. The highest BCUT2D eigenvalue weighted by Gasteiger charge is 2.21. The van der Waals surface area contributed by atoms with E-state index in [0.717, 1.165) is 11.4 Å². The molecule has 0 spiro atoms. The Morgan fingerprint density at radius 1 is 1.00 bits per heavy atom. The third kappa shape index (κ3) is 2.57. The quantitative estimate of drug-likeness (QED) is 0.940. The van der Waals surface area contributed by atoms with Gasteiger partial charge in [0, 0.05) is 25.5 Å². The van der Waals surface area contributed by atoms with Gasteiger partial charge < -0.3 is 0 Å². The molecule has 0 unspecified atom stereocenters. The first-order valence-electron chi connectivity index (χ1n) is 6.27. The minimum Gasteiger partial charge on any atom is -0.293 e. The van der Waals surface area contributed by atoms with Crippen molar-refractivity contribution in [1.29, 1.82) is 0 Å². The molecule has 0 aliphatic carbocycles. The van der Waals surface area contributed by atoms with Crippen LogP contribution in [0.5, 0.6) is 0 Å². The molecule has 0 amide bonds. The molecule has 0 atom stereocenters. The highest BCUT2D eigenvalue weighted by atomic mass is 32.2. The number of hydrogen-bond acceptors (Lipinski definition) is 3. The fourth-order valence-electron chi connectivity index (χ4n) is 1.95. The van der Waals surface area contributed by atoms with Gasteiger partial charge in [-0.1, -0.05) is 12.1 Å². The Morgan fingerprint density at radius 2 is 1.55 bits per heavy atom. The number of nitrogens with one attached hydrogen (secondary N) is 1. The van der Waals surface area contributed by atoms with E-state index in [4.69, 9.17) is 0 Å². The second-order valence-corrected chi connectivity index (χ2v) is 6.97. The lowest BCUT2D eigenvalue weighted by Crippen LogP contribution is -2.24. The molecule has 2 rings (SSSR count). The normalized spacial score (nSPS) is 11.8. The molecule has 108 valence electrons. The van der Waals surface area contributed by atoms with Crippen molar-refractivity contribution in [3.8, 4) is 0 Å². The Balaban J connectivity index is 2.50. The van der Waals surface area contributed by atoms with Crippen LogP contribution in [0.2, 0.25) is 0 Å². The summed E-state index contributed by atoms with van der Waals surface area (Å²) < 4.78 is 27.7. The van der Waals surface area contributed by atoms with Crippen LogP contribution >= 0.6 is 0 Å². The molecule has 0 saturated carbocycles. The van der Waals surface area contributed by atoms with Crippen LogP contribution in [0, 0.1) is 13.8 Å². The average molecular weight is 293 g/mol. The molecule has 1 aromatic heterocycles. The predicted molar refractivity (Wildman–Crippen MR) is 80.2 cm³/mol. The molecule has 0 saturated heterocycles. The van der Waals surface area contributed by atoms with Gasteiger partial charge in [0.2, 0.25) is 10.0 Å². The van der Waals surface area contributed by atoms with E-state index in [1.165, 1.54) is 18.4 Å². The van der Waals surface area contributed by atoms with E-state index < -0.39 is 10.0 Å². The maximum atomic E-state index is 12.3. The van der Waals surface area contributed by atoms with E-state index in [2.05, 4.69) is 5.43 Å². The van der Waals surface area contributed by atoms with E-state index in [1.807, 2.05) is 36.7 Å². The Bertz CT molecular complexity index is 698. The summed E-state index contributed by atoms with van der Waals surface area (Å²) in [5, 5.41) is 0. The molecule has 0 fully saturated rings. The summed E-state index contributed by atoms with van der Waals surface area (Å²) in [6.07, 6.45) is 0. The van der Waals surface area contributed by atoms with Crippen molar-refractivity contribution in [2.24, 2.45) is 0 Å². The van der Waals surface area contributed by atoms with Gasteiger partial charge in [0.1, 0.15) is 4.90 Å². The predicted octanol–water partition coefficient (Wildman–Crippen LogP) is 2.23. The summed E-state index contributed by atoms with van der Waals surface area (Å²) in [7, 11) is -0.427. The lowest BCUT2D eigenvalue weighted by Gasteiger charge is -2.18. The highest BCUT2D eigenvalue weighted by Crippen LogP contribution is 2.24. The first-order valence-corrected chi connectivity index (χ1v) is 7.71. The fraction of sp³-hybridized carbons (Fsp3) is 0.286. The van der Waals surface area contributed by atoms with Crippen molar-refractivity contribution >= 4 is 15.7 Å². The van der Waals surface area contributed by atoms with E-state index in [1.54, 1.807) is 18.2 Å². The number of rotatable bonds is 4. The Hall–Kier alpha value is -1.79. The van der Waals surface area contributed by atoms with E-state index in [9.17, 15) is 8.42 Å². The van der Waals surface area contributed by atoms with Crippen molar-refractivity contribution in [3.63, 3.8) is 0 Å². The third-order valence-electron chi connectivity index (χ3n) is 3.15. The second-order valence-electron chi connectivity index (χ2n) is 4.85. The molecule has 1 heterocycles. The van der Waals surface area contributed by atoms with Crippen LogP contribution in [-0.2, 0) is 10.0 Å². The van der Waals surface area contributed by atoms with E-state index >= 15 is 0 Å². The number of benzene rings is 1. The molecule has 20 heavy (non-hydrogen) atoms. The zero-order chi connectivity index (χ0) is 14.9. The monoisotopic (exact) mass is 293 g/mol. The summed E-state index contributed by atoms with van der Waals surface area (Å²) >= 11 is 0. The van der Waals surface area contributed by atoms with Crippen LogP contribution in [0.4, 0.5) is 5.69 Å². The number of sulfonamides is 1. The van der Waals surface area contributed by atoms with Crippen LogP contribution in [0.15, 0.2) is 41.3 Å². The summed E-state index contributed by atoms with van der Waals surface area (Å²) in [6, 6.07) is 10.8. The Morgan fingerprint density at radius 3 is 2.10 bits per heavy atom. The number of anilines is 1. The van der Waals surface area contributed by atoms with Gasteiger partial charge in [-0.25, -0.2) is 12.7 Å². The van der Waals surface area contributed by atoms with Crippen molar-refractivity contribution in [2.45, 2.75) is 18.7 Å². The lowest BCUT2D eigenvalue weighted by atomic mass is 10.3. The lowest BCUT2D eigenvalue weighted by molar-refractivity contribution is 0.521. The van der Waals surface area contributed by atoms with Gasteiger partial charge in [0.05, 0.1) is 5.69 Å². The van der Waals surface area contributed by atoms with Crippen LogP contribution in [0.1, 0.15) is 11.4 Å². The third-order valence-corrected chi connectivity index (χ3v) is 5.02. The van der Waals surface area contributed by atoms with Gasteiger partial charge in [0.25, 0.3) is 0 Å². The maximum Gasteiger partial charge on any atom is 0.244 e. The minimum absolute atomic E-state index is 0.262. The number of aromatic nitrogens is 1. The molecule has 0 bridgehead atoms. The molecule has 0 aliphatic heterocycles. The number of hydrogen-bond donors (Lipinski definition) is 1. The molecule has 0 radical (unpaired) electrons. The molecule has 0 aliphatic rings. The molecule has 6 heteroatoms. The van der Waals surface area contributed by atoms with Gasteiger partial charge >= 0.3 is 0 Å². The Labute approximate surface area is 119 Å². The first-order chi connectivity index (χ1) is 9.34. The molecule has 2 aromatic rings. The number of aryl methyl sites for hydroxylation is 2. The smallest absolute Gasteiger partial charge is 0.244 e. The summed E-state index contributed by atoms with van der Waals surface area (Å²) in [5.74, 6) is 0. The molecular weight excluding hydrogens is 274 g/mol. The standard InChI is InChI=1S/C14H19N3O2S/c1-11-9-10-12(2)17(11)15-13-7-5-6-8-14(13)20(18,19)16(3)4/h5-10,15H,1-4H3. The van der Waals surface area contributed by atoms with Crippen LogP contribution in [0.25, 0.3) is 0 Å². The van der Waals surface area contributed by atoms with Crippen molar-refractivity contribution in [1.82, 2.24) is 8.98 Å². The van der Waals surface area contributed by atoms with Crippen molar-refractivity contribution in [2.75, 3.05) is 19.5 Å². The van der Waals surface area contributed by atoms with E-state index in [0.29, 0.717) is 5.69 Å². The highest BCUT2D eigenvalue weighted by molar-refractivity contribution is 7.89. The topological polar surface area (TPSA) is 54.3 Å². The van der Waals surface area contributed by atoms with Crippen LogP contribution in [0.3, 0.4) is 0 Å². The van der Waals surface area contributed by atoms with Crippen LogP contribution < -0.4 is 5.43 Å². The second kappa shape index (κ2) is 5.30. The molecular formula is C14H19N3O2S. The van der Waals surface area contributed by atoms with Gasteiger partial charge in [-0.05, 0) is 38.1 Å². The van der Waals surface area contributed by atoms with Crippen molar-refractivity contribution in [3.05, 3.63) is 47.8 Å². The molecule has 5 nitrogen and oxygen atoms in total. The number of nitrogens with zero attached hydrogens (tertiary/aromatic N) is 2. The van der Waals surface area contributed by atoms with Gasteiger partial charge in [-0.3, -0.25) is 10.1 Å². The first kappa shape index (κ1) is 14.6. The van der Waals surface area contributed by atoms with Crippen molar-refractivity contribution < 1.29 is 8.42 Å². The van der Waals surface area contributed by atoms with Gasteiger partial charge in [0.15, 0.2) is 0 Å². The fourth-order valence-corrected chi connectivity index (χ4v) is 2.98. The van der Waals surface area contributed by atoms with Gasteiger partial charge in [-0.2, -0.15) is 0 Å². The Kier molecular flexibility index (Phi) is 3.87. The summed E-state index contributed by atoms with van der Waals surface area (Å²) in [6.45, 7) is 3.92. The molecule has 1 N–H and O–H groups in total. The number of para-hydroxylation sites is 1. The molecule has 1 aromatic carbocycles. The zero-order valence-electron chi connectivity index (χ0n) is 12.1. The van der Waals surface area contributed by atoms with Crippen LogP contribution in [-0.4, -0.2) is 31.5 Å². The maximum absolute atomic E-state index is 12.3. The largest absolute Gasteiger partial charge is 0.293 e. The zero-order valence-corrected chi connectivity index (χ0v) is 12.9. The minimum atomic E-state index is -3.48. The van der Waals surface area contributed by atoms with E-state index in [-0.39, 0.29) is 4.90 Å². The van der Waals surface area contributed by atoms with Gasteiger partial charge in [-0.15, -0.1) is 0 Å². The summed E-state index contributed by atoms with van der Waals surface area (Å²) in [4.78, 5) is 0.262. The average Bonchev–Trinajstić information content (AvgIpc) is 2.71.